The second-order valence-electron chi connectivity index (χ2n) is 4.05. The van der Waals surface area contributed by atoms with Crippen LogP contribution in [0.2, 0.25) is 0 Å². The van der Waals surface area contributed by atoms with E-state index in [1.165, 1.54) is 7.11 Å². The number of esters is 1. The number of aryl methyl sites for hydroxylation is 1. The second-order valence-corrected chi connectivity index (χ2v) is 5.62. The minimum absolute atomic E-state index is 0. The molecule has 0 heterocycles. The Balaban J connectivity index is 0. The number of aliphatic hydroxyl groups is 1. The van der Waals surface area contributed by atoms with Gasteiger partial charge in [-0.25, -0.2) is 4.79 Å². The Morgan fingerprint density at radius 2 is 1.90 bits per heavy atom. The van der Waals surface area contributed by atoms with Crippen LogP contribution in [0.25, 0.3) is 0 Å². The molecule has 1 rings (SSSR count). The van der Waals surface area contributed by atoms with E-state index in [2.05, 4.69) is 4.74 Å². The Kier molecular flexibility index (Phi) is 8.57. The van der Waals surface area contributed by atoms with Gasteiger partial charge in [-0.3, -0.25) is 4.55 Å². The third kappa shape index (κ3) is 6.34. The molecular formula is C12H17NaO6S. The molecule has 0 aliphatic carbocycles. The van der Waals surface area contributed by atoms with Gasteiger partial charge in [0.1, 0.15) is 0 Å². The summed E-state index contributed by atoms with van der Waals surface area (Å²) in [6.45, 7) is 0. The molecule has 0 aliphatic rings. The Morgan fingerprint density at radius 1 is 1.35 bits per heavy atom. The maximum Gasteiger partial charge on any atom is 1.00 e. The number of methoxy groups -OCH3 is 1. The van der Waals surface area contributed by atoms with Crippen LogP contribution >= 0.6 is 0 Å². The van der Waals surface area contributed by atoms with E-state index in [-0.39, 0.29) is 37.4 Å². The Labute approximate surface area is 141 Å². The van der Waals surface area contributed by atoms with E-state index in [1.54, 1.807) is 24.3 Å². The summed E-state index contributed by atoms with van der Waals surface area (Å²) >= 11 is 0. The minimum atomic E-state index is -4.38. The Bertz CT molecular complexity index is 531. The zero-order valence-corrected chi connectivity index (χ0v) is 14.3. The van der Waals surface area contributed by atoms with Crippen molar-refractivity contribution < 1.29 is 58.6 Å². The fraction of sp³-hybridized carbons (Fsp3) is 0.417. The SMILES string of the molecule is COC(=O)c1ccc(CCCC(O)S(=O)(=O)O)cc1.[H-].[Na+]. The van der Waals surface area contributed by atoms with Crippen molar-refractivity contribution in [2.45, 2.75) is 24.7 Å². The van der Waals surface area contributed by atoms with Gasteiger partial charge in [-0.1, -0.05) is 12.1 Å². The first-order valence-corrected chi connectivity index (χ1v) is 7.16. The summed E-state index contributed by atoms with van der Waals surface area (Å²) in [6.07, 6.45) is 0.893. The van der Waals surface area contributed by atoms with Gasteiger partial charge < -0.3 is 11.3 Å². The van der Waals surface area contributed by atoms with Crippen LogP contribution in [0.4, 0.5) is 0 Å². The molecule has 8 heteroatoms. The van der Waals surface area contributed by atoms with Crippen molar-refractivity contribution in [1.82, 2.24) is 0 Å². The van der Waals surface area contributed by atoms with Gasteiger partial charge in [0.05, 0.1) is 12.7 Å². The third-order valence-electron chi connectivity index (χ3n) is 2.64. The normalized spacial score (nSPS) is 12.3. The fourth-order valence-electron chi connectivity index (χ4n) is 1.56. The largest absolute Gasteiger partial charge is 1.00 e. The van der Waals surface area contributed by atoms with Crippen LogP contribution in [0.5, 0.6) is 0 Å². The molecule has 0 saturated heterocycles. The maximum atomic E-state index is 11.2. The summed E-state index contributed by atoms with van der Waals surface area (Å²) in [5.74, 6) is -0.423. The summed E-state index contributed by atoms with van der Waals surface area (Å²) in [7, 11) is -3.09. The number of hydrogen-bond acceptors (Lipinski definition) is 5. The van der Waals surface area contributed by atoms with E-state index >= 15 is 0 Å². The van der Waals surface area contributed by atoms with Crippen molar-refractivity contribution in [2.75, 3.05) is 7.11 Å². The monoisotopic (exact) mass is 312 g/mol. The van der Waals surface area contributed by atoms with Crippen LogP contribution in [-0.2, 0) is 21.3 Å². The van der Waals surface area contributed by atoms with Crippen molar-refractivity contribution in [3.8, 4) is 0 Å². The van der Waals surface area contributed by atoms with Gasteiger partial charge in [-0.15, -0.1) is 0 Å². The topological polar surface area (TPSA) is 101 Å². The first kappa shape index (κ1) is 19.6. The molecule has 2 N–H and O–H groups in total. The van der Waals surface area contributed by atoms with E-state index in [0.717, 1.165) is 5.56 Å². The summed E-state index contributed by atoms with van der Waals surface area (Å²) in [4.78, 5) is 11.2. The number of carbonyl (C=O) groups excluding carboxylic acids is 1. The number of aliphatic hydroxyl groups excluding tert-OH is 1. The van der Waals surface area contributed by atoms with E-state index in [0.29, 0.717) is 18.4 Å². The summed E-state index contributed by atoms with van der Waals surface area (Å²) < 4.78 is 34.3. The Morgan fingerprint density at radius 3 is 2.35 bits per heavy atom. The number of rotatable bonds is 6. The standard InChI is InChI=1S/C12H16O6S.Na.H/c1-18-12(14)10-7-5-9(6-8-10)3-2-4-11(13)19(15,16)17;;/h5-8,11,13H,2-4H2,1H3,(H,15,16,17);;/q;+1;-1. The second kappa shape index (κ2) is 8.76. The average molecular weight is 312 g/mol. The molecule has 6 nitrogen and oxygen atoms in total. The van der Waals surface area contributed by atoms with Gasteiger partial charge in [0, 0.05) is 0 Å². The van der Waals surface area contributed by atoms with Crippen molar-refractivity contribution >= 4 is 16.1 Å². The minimum Gasteiger partial charge on any atom is -1.00 e. The third-order valence-corrected chi connectivity index (χ3v) is 3.56. The molecular weight excluding hydrogens is 295 g/mol. The quantitative estimate of drug-likeness (QED) is 0.362. The van der Waals surface area contributed by atoms with Crippen molar-refractivity contribution in [3.05, 3.63) is 35.4 Å². The average Bonchev–Trinajstić information content (AvgIpc) is 2.37. The van der Waals surface area contributed by atoms with Crippen molar-refractivity contribution in [2.24, 2.45) is 0 Å². The smallest absolute Gasteiger partial charge is 1.00 e. The van der Waals surface area contributed by atoms with E-state index in [4.69, 9.17) is 9.66 Å². The first-order valence-electron chi connectivity index (χ1n) is 5.66. The summed E-state index contributed by atoms with van der Waals surface area (Å²) in [5.41, 5.74) is -0.416. The fourth-order valence-corrected chi connectivity index (χ4v) is 2.02. The predicted octanol–water partition coefficient (Wildman–Crippen LogP) is -1.88. The van der Waals surface area contributed by atoms with Gasteiger partial charge in [-0.05, 0) is 37.0 Å². The Hall–Kier alpha value is -0.440. The van der Waals surface area contributed by atoms with Gasteiger partial charge in [-0.2, -0.15) is 8.42 Å². The molecule has 0 spiro atoms. The molecule has 1 unspecified atom stereocenters. The van der Waals surface area contributed by atoms with Crippen LogP contribution in [0.15, 0.2) is 24.3 Å². The molecule has 1 aromatic carbocycles. The molecule has 108 valence electrons. The van der Waals surface area contributed by atoms with Crippen LogP contribution in [0.1, 0.15) is 30.2 Å². The predicted molar refractivity (Wildman–Crippen MR) is 69.4 cm³/mol. The van der Waals surface area contributed by atoms with Crippen LogP contribution in [-0.4, -0.2) is 36.6 Å². The zero-order valence-electron chi connectivity index (χ0n) is 12.4. The van der Waals surface area contributed by atoms with Crippen LogP contribution < -0.4 is 29.6 Å². The molecule has 0 fully saturated rings. The van der Waals surface area contributed by atoms with E-state index in [9.17, 15) is 13.2 Å². The first-order chi connectivity index (χ1) is 8.84. The van der Waals surface area contributed by atoms with Crippen molar-refractivity contribution in [3.63, 3.8) is 0 Å². The molecule has 0 radical (unpaired) electrons. The van der Waals surface area contributed by atoms with Gasteiger partial charge in [0.15, 0.2) is 5.44 Å². The zero-order chi connectivity index (χ0) is 14.5. The van der Waals surface area contributed by atoms with Crippen LogP contribution in [0, 0.1) is 0 Å². The van der Waals surface area contributed by atoms with Crippen molar-refractivity contribution in [1.29, 1.82) is 0 Å². The molecule has 20 heavy (non-hydrogen) atoms. The summed E-state index contributed by atoms with van der Waals surface area (Å²) in [5, 5.41) is 9.11. The van der Waals surface area contributed by atoms with E-state index < -0.39 is 21.5 Å². The molecule has 0 aliphatic heterocycles. The van der Waals surface area contributed by atoms with Crippen LogP contribution in [0.3, 0.4) is 0 Å². The number of ether oxygens (including phenoxy) is 1. The van der Waals surface area contributed by atoms with Gasteiger partial charge in [0.25, 0.3) is 10.1 Å². The number of carbonyl (C=O) groups is 1. The summed E-state index contributed by atoms with van der Waals surface area (Å²) in [6, 6.07) is 6.68. The molecule has 1 aromatic rings. The van der Waals surface area contributed by atoms with Gasteiger partial charge in [0.2, 0.25) is 0 Å². The molecule has 0 saturated carbocycles. The maximum absolute atomic E-state index is 11.2. The molecule has 1 atom stereocenters. The number of hydrogen-bond donors (Lipinski definition) is 2. The molecule has 0 bridgehead atoms. The molecule has 0 aromatic heterocycles. The van der Waals surface area contributed by atoms with E-state index in [1.807, 2.05) is 0 Å². The molecule has 0 amide bonds. The van der Waals surface area contributed by atoms with Gasteiger partial charge >= 0.3 is 35.5 Å². The number of benzene rings is 1.